The van der Waals surface area contributed by atoms with Gasteiger partial charge in [-0.15, -0.1) is 0 Å². The molecule has 0 bridgehead atoms. The number of likely N-dealkylation sites (tertiary alicyclic amines) is 1. The first-order chi connectivity index (χ1) is 12.0. The van der Waals surface area contributed by atoms with Gasteiger partial charge in [0.05, 0.1) is 16.6 Å². The summed E-state index contributed by atoms with van der Waals surface area (Å²) in [6.45, 7) is 8.86. The van der Waals surface area contributed by atoms with Crippen molar-refractivity contribution in [2.75, 3.05) is 13.1 Å². The number of carbonyl (C=O) groups excluding carboxylic acids is 1. The first kappa shape index (κ1) is 18.7. The van der Waals surface area contributed by atoms with Crippen molar-refractivity contribution in [3.8, 4) is 0 Å². The van der Waals surface area contributed by atoms with Crippen molar-refractivity contribution < 1.29 is 18.0 Å². The summed E-state index contributed by atoms with van der Waals surface area (Å²) in [6.07, 6.45) is -2.82. The topological polar surface area (TPSA) is 38.1 Å². The molecule has 142 valence electrons. The summed E-state index contributed by atoms with van der Waals surface area (Å²) in [7, 11) is 0. The number of alkyl halides is 3. The summed E-state index contributed by atoms with van der Waals surface area (Å²) in [6, 6.07) is 3.86. The summed E-state index contributed by atoms with van der Waals surface area (Å²) in [4.78, 5) is 18.6. The molecule has 1 aliphatic rings. The van der Waals surface area contributed by atoms with Crippen LogP contribution in [0.15, 0.2) is 18.2 Å². The van der Waals surface area contributed by atoms with Crippen LogP contribution in [0.2, 0.25) is 0 Å². The van der Waals surface area contributed by atoms with E-state index in [0.29, 0.717) is 24.4 Å². The fraction of sp³-hybridized carbons (Fsp3) is 0.579. The quantitative estimate of drug-likeness (QED) is 0.740. The zero-order valence-electron chi connectivity index (χ0n) is 15.5. The number of hydrogen-bond acceptors (Lipinski definition) is 2. The molecule has 3 rings (SSSR count). The first-order valence-corrected chi connectivity index (χ1v) is 8.83. The monoisotopic (exact) mass is 367 g/mol. The highest BCUT2D eigenvalue weighted by molar-refractivity contribution is 5.81. The van der Waals surface area contributed by atoms with Crippen molar-refractivity contribution in [1.29, 1.82) is 0 Å². The Hall–Kier alpha value is -2.05. The van der Waals surface area contributed by atoms with Gasteiger partial charge in [-0.1, -0.05) is 20.8 Å². The fourth-order valence-electron chi connectivity index (χ4n) is 3.66. The molecule has 0 N–H and O–H groups in total. The highest BCUT2D eigenvalue weighted by Gasteiger charge is 2.33. The van der Waals surface area contributed by atoms with E-state index in [-0.39, 0.29) is 11.9 Å². The Labute approximate surface area is 151 Å². The van der Waals surface area contributed by atoms with E-state index in [0.717, 1.165) is 30.5 Å². The van der Waals surface area contributed by atoms with Gasteiger partial charge in [-0.2, -0.15) is 13.2 Å². The van der Waals surface area contributed by atoms with Crippen LogP contribution in [0, 0.1) is 12.3 Å². The number of imidazole rings is 1. The van der Waals surface area contributed by atoms with Crippen LogP contribution < -0.4 is 0 Å². The Balaban J connectivity index is 1.84. The molecular weight excluding hydrogens is 343 g/mol. The molecule has 1 aromatic carbocycles. The summed E-state index contributed by atoms with van der Waals surface area (Å²) in [5.74, 6) is 0.845. The molecule has 2 aromatic rings. The van der Waals surface area contributed by atoms with Crippen molar-refractivity contribution in [3.05, 3.63) is 29.6 Å². The minimum Gasteiger partial charge on any atom is -0.342 e. The largest absolute Gasteiger partial charge is 0.416 e. The van der Waals surface area contributed by atoms with E-state index in [1.54, 1.807) is 0 Å². The van der Waals surface area contributed by atoms with Gasteiger partial charge in [0, 0.05) is 24.5 Å². The van der Waals surface area contributed by atoms with Crippen LogP contribution in [0.5, 0.6) is 0 Å². The van der Waals surface area contributed by atoms with Crippen LogP contribution >= 0.6 is 0 Å². The van der Waals surface area contributed by atoms with Gasteiger partial charge in [-0.05, 0) is 38.0 Å². The molecule has 2 heterocycles. The lowest BCUT2D eigenvalue weighted by Crippen LogP contribution is -2.44. The predicted octanol–water partition coefficient (Wildman–Crippen LogP) is 4.57. The van der Waals surface area contributed by atoms with Crippen LogP contribution in [0.1, 0.15) is 51.0 Å². The second-order valence-corrected chi connectivity index (χ2v) is 8.00. The van der Waals surface area contributed by atoms with Gasteiger partial charge in [0.2, 0.25) is 5.91 Å². The maximum absolute atomic E-state index is 12.9. The Kier molecular flexibility index (Phi) is 4.53. The molecule has 0 saturated carbocycles. The van der Waals surface area contributed by atoms with E-state index in [1.165, 1.54) is 6.07 Å². The average molecular weight is 367 g/mol. The maximum atomic E-state index is 12.9. The van der Waals surface area contributed by atoms with Gasteiger partial charge in [0.1, 0.15) is 5.82 Å². The zero-order valence-corrected chi connectivity index (χ0v) is 15.5. The Morgan fingerprint density at radius 1 is 1.15 bits per heavy atom. The number of rotatable bonds is 1. The lowest BCUT2D eigenvalue weighted by atomic mass is 9.93. The van der Waals surface area contributed by atoms with Crippen LogP contribution in [-0.4, -0.2) is 33.4 Å². The Morgan fingerprint density at radius 2 is 1.77 bits per heavy atom. The predicted molar refractivity (Wildman–Crippen MR) is 93.8 cm³/mol. The number of aryl methyl sites for hydroxylation is 1. The third-order valence-electron chi connectivity index (χ3n) is 4.95. The normalized spacial score (nSPS) is 17.1. The molecule has 0 spiro atoms. The van der Waals surface area contributed by atoms with E-state index in [9.17, 15) is 18.0 Å². The van der Waals surface area contributed by atoms with Gasteiger partial charge in [-0.3, -0.25) is 4.79 Å². The Morgan fingerprint density at radius 3 is 2.31 bits per heavy atom. The molecule has 26 heavy (non-hydrogen) atoms. The van der Waals surface area contributed by atoms with E-state index in [2.05, 4.69) is 4.98 Å². The minimum atomic E-state index is -4.37. The van der Waals surface area contributed by atoms with E-state index >= 15 is 0 Å². The van der Waals surface area contributed by atoms with Crippen molar-refractivity contribution in [1.82, 2.24) is 14.5 Å². The first-order valence-electron chi connectivity index (χ1n) is 8.83. The van der Waals surface area contributed by atoms with Gasteiger partial charge in [0.15, 0.2) is 0 Å². The number of piperidine rings is 1. The molecule has 1 saturated heterocycles. The van der Waals surface area contributed by atoms with E-state index < -0.39 is 17.2 Å². The third kappa shape index (κ3) is 3.44. The molecule has 1 aromatic heterocycles. The molecule has 1 amide bonds. The number of carbonyl (C=O) groups is 1. The number of halogens is 3. The number of benzene rings is 1. The second kappa shape index (κ2) is 6.28. The number of amides is 1. The van der Waals surface area contributed by atoms with Gasteiger partial charge < -0.3 is 9.47 Å². The summed E-state index contributed by atoms with van der Waals surface area (Å²) < 4.78 is 40.8. The molecule has 1 fully saturated rings. The number of fused-ring (bicyclic) bond motifs is 1. The molecule has 1 aliphatic heterocycles. The molecule has 0 aliphatic carbocycles. The molecule has 7 heteroatoms. The average Bonchev–Trinajstić information content (AvgIpc) is 2.87. The molecule has 0 unspecified atom stereocenters. The minimum absolute atomic E-state index is 0.137. The smallest absolute Gasteiger partial charge is 0.342 e. The van der Waals surface area contributed by atoms with E-state index in [4.69, 9.17) is 0 Å². The lowest BCUT2D eigenvalue weighted by Gasteiger charge is -2.36. The van der Waals surface area contributed by atoms with Gasteiger partial charge in [0.25, 0.3) is 0 Å². The lowest BCUT2D eigenvalue weighted by molar-refractivity contribution is -0.140. The van der Waals surface area contributed by atoms with Gasteiger partial charge in [-0.25, -0.2) is 4.98 Å². The zero-order chi connectivity index (χ0) is 19.3. The van der Waals surface area contributed by atoms with Crippen molar-refractivity contribution in [2.24, 2.45) is 5.41 Å². The molecule has 4 nitrogen and oxygen atoms in total. The molecular formula is C19H24F3N3O. The standard InChI is InChI=1S/C19H24F3N3O/c1-12-23-15-11-13(19(20,21)22)5-6-16(15)25(12)14-7-9-24(10-8-14)17(26)18(2,3)4/h5-6,11,14H,7-10H2,1-4H3. The summed E-state index contributed by atoms with van der Waals surface area (Å²) >= 11 is 0. The van der Waals surface area contributed by atoms with Gasteiger partial charge >= 0.3 is 6.18 Å². The molecule has 0 atom stereocenters. The highest BCUT2D eigenvalue weighted by Crippen LogP contribution is 2.34. The SMILES string of the molecule is Cc1nc2cc(C(F)(F)F)ccc2n1C1CCN(C(=O)C(C)(C)C)CC1. The summed E-state index contributed by atoms with van der Waals surface area (Å²) in [5.41, 5.74) is 0.000189. The highest BCUT2D eigenvalue weighted by atomic mass is 19.4. The van der Waals surface area contributed by atoms with Crippen molar-refractivity contribution >= 4 is 16.9 Å². The number of nitrogens with zero attached hydrogens (tertiary/aromatic N) is 3. The van der Waals surface area contributed by atoms with Crippen LogP contribution in [0.25, 0.3) is 11.0 Å². The van der Waals surface area contributed by atoms with Crippen molar-refractivity contribution in [2.45, 2.75) is 52.8 Å². The maximum Gasteiger partial charge on any atom is 0.416 e. The Bertz CT molecular complexity index is 825. The number of hydrogen-bond donors (Lipinski definition) is 0. The van der Waals surface area contributed by atoms with Crippen LogP contribution in [0.3, 0.4) is 0 Å². The van der Waals surface area contributed by atoms with Crippen LogP contribution in [-0.2, 0) is 11.0 Å². The third-order valence-corrected chi connectivity index (χ3v) is 4.95. The number of aromatic nitrogens is 2. The summed E-state index contributed by atoms with van der Waals surface area (Å²) in [5, 5.41) is 0. The van der Waals surface area contributed by atoms with Crippen LogP contribution in [0.4, 0.5) is 13.2 Å². The van der Waals surface area contributed by atoms with Crippen molar-refractivity contribution in [3.63, 3.8) is 0 Å². The van der Waals surface area contributed by atoms with E-state index in [1.807, 2.05) is 37.2 Å². The second-order valence-electron chi connectivity index (χ2n) is 8.00. The fourth-order valence-corrected chi connectivity index (χ4v) is 3.66. The molecule has 0 radical (unpaired) electrons.